The van der Waals surface area contributed by atoms with Crippen molar-refractivity contribution in [3.8, 4) is 0 Å². The van der Waals surface area contributed by atoms with E-state index >= 15 is 0 Å². The minimum Gasteiger partial charge on any atom is -0.357 e. The molecule has 1 saturated heterocycles. The number of nitrogens with zero attached hydrogens (tertiary/aromatic N) is 2. The molecule has 1 aliphatic heterocycles. The van der Waals surface area contributed by atoms with Crippen molar-refractivity contribution in [1.82, 2.24) is 10.2 Å². The first-order chi connectivity index (χ1) is 10.7. The molecule has 1 N–H and O–H groups in total. The molecule has 0 atom stereocenters. The molecule has 0 radical (unpaired) electrons. The van der Waals surface area contributed by atoms with Crippen LogP contribution in [0.5, 0.6) is 0 Å². The molecule has 0 spiro atoms. The van der Waals surface area contributed by atoms with Gasteiger partial charge in [-0.25, -0.2) is 17.8 Å². The van der Waals surface area contributed by atoms with E-state index < -0.39 is 14.6 Å². The normalized spacial score (nSPS) is 20.3. The maximum absolute atomic E-state index is 12.9. The number of hydrogen-bond acceptors (Lipinski definition) is 3. The fourth-order valence-corrected chi connectivity index (χ4v) is 3.87. The number of aliphatic imine (C=N–C) groups is 1. The summed E-state index contributed by atoms with van der Waals surface area (Å²) in [7, 11) is -3.08. The standard InChI is InChI=1S/C16H24FN3O2S/c1-4-18-15(19-11-13-5-7-14(17)8-6-13)20-9-10-23(21,22)16(2,3)12-20/h5-8H,4,9-12H2,1-3H3,(H,18,19). The quantitative estimate of drug-likeness (QED) is 0.673. The van der Waals surface area contributed by atoms with Crippen molar-refractivity contribution in [1.29, 1.82) is 0 Å². The molecule has 7 heteroatoms. The summed E-state index contributed by atoms with van der Waals surface area (Å²) < 4.78 is 36.4. The molecule has 0 unspecified atom stereocenters. The summed E-state index contributed by atoms with van der Waals surface area (Å²) in [6, 6.07) is 6.22. The van der Waals surface area contributed by atoms with Crippen molar-refractivity contribution in [3.63, 3.8) is 0 Å². The van der Waals surface area contributed by atoms with Crippen molar-refractivity contribution in [2.45, 2.75) is 32.1 Å². The first-order valence-corrected chi connectivity index (χ1v) is 9.40. The Balaban J connectivity index is 2.15. The summed E-state index contributed by atoms with van der Waals surface area (Å²) in [4.78, 5) is 6.54. The molecular formula is C16H24FN3O2S. The number of halogens is 1. The van der Waals surface area contributed by atoms with E-state index in [2.05, 4.69) is 10.3 Å². The number of benzene rings is 1. The van der Waals surface area contributed by atoms with Crippen molar-refractivity contribution in [3.05, 3.63) is 35.6 Å². The Morgan fingerprint density at radius 1 is 1.35 bits per heavy atom. The molecule has 5 nitrogen and oxygen atoms in total. The van der Waals surface area contributed by atoms with Gasteiger partial charge < -0.3 is 10.2 Å². The molecule has 0 aliphatic carbocycles. The van der Waals surface area contributed by atoms with Crippen molar-refractivity contribution in [2.24, 2.45) is 4.99 Å². The lowest BCUT2D eigenvalue weighted by molar-refractivity contribution is 0.353. The molecule has 23 heavy (non-hydrogen) atoms. The lowest BCUT2D eigenvalue weighted by Crippen LogP contribution is -2.57. The third-order valence-electron chi connectivity index (χ3n) is 4.00. The van der Waals surface area contributed by atoms with Gasteiger partial charge in [-0.15, -0.1) is 0 Å². The summed E-state index contributed by atoms with van der Waals surface area (Å²) in [5, 5.41) is 3.21. The smallest absolute Gasteiger partial charge is 0.194 e. The van der Waals surface area contributed by atoms with E-state index in [1.165, 1.54) is 12.1 Å². The SMILES string of the molecule is CCNC(=NCc1ccc(F)cc1)N1CCS(=O)(=O)C(C)(C)C1. The average Bonchev–Trinajstić information content (AvgIpc) is 2.48. The maximum atomic E-state index is 12.9. The molecule has 0 aromatic heterocycles. The summed E-state index contributed by atoms with van der Waals surface area (Å²) >= 11 is 0. The number of nitrogens with one attached hydrogen (secondary N) is 1. The van der Waals surface area contributed by atoms with Crippen LogP contribution in [0.3, 0.4) is 0 Å². The van der Waals surface area contributed by atoms with E-state index in [0.717, 1.165) is 5.56 Å². The fraction of sp³-hybridized carbons (Fsp3) is 0.562. The molecule has 0 saturated carbocycles. The molecule has 1 heterocycles. The summed E-state index contributed by atoms with van der Waals surface area (Å²) in [6.45, 7) is 7.43. The molecule has 2 rings (SSSR count). The summed E-state index contributed by atoms with van der Waals surface area (Å²) in [5.74, 6) is 0.549. The second-order valence-corrected chi connectivity index (χ2v) is 9.04. The van der Waals surface area contributed by atoms with Gasteiger partial charge >= 0.3 is 0 Å². The zero-order valence-corrected chi connectivity index (χ0v) is 14.7. The lowest BCUT2D eigenvalue weighted by atomic mass is 10.2. The Bertz CT molecular complexity index is 669. The van der Waals surface area contributed by atoms with E-state index in [4.69, 9.17) is 0 Å². The predicted molar refractivity (Wildman–Crippen MR) is 90.7 cm³/mol. The number of sulfone groups is 1. The second kappa shape index (κ2) is 6.86. The van der Waals surface area contributed by atoms with Crippen molar-refractivity contribution < 1.29 is 12.8 Å². The first-order valence-electron chi connectivity index (χ1n) is 7.75. The van der Waals surface area contributed by atoms with E-state index in [-0.39, 0.29) is 11.6 Å². The first kappa shape index (κ1) is 17.7. The van der Waals surface area contributed by atoms with Gasteiger partial charge in [-0.05, 0) is 38.5 Å². The number of hydrogen-bond donors (Lipinski definition) is 1. The minimum atomic E-state index is -3.08. The minimum absolute atomic E-state index is 0.126. The van der Waals surface area contributed by atoms with Crippen LogP contribution in [0.15, 0.2) is 29.3 Å². The molecule has 0 bridgehead atoms. The molecule has 0 amide bonds. The van der Waals surface area contributed by atoms with E-state index in [1.807, 2.05) is 11.8 Å². The van der Waals surface area contributed by atoms with Gasteiger partial charge in [0.15, 0.2) is 15.8 Å². The van der Waals surface area contributed by atoms with Gasteiger partial charge in [0.25, 0.3) is 0 Å². The fourth-order valence-electron chi connectivity index (χ4n) is 2.51. The Kier molecular flexibility index (Phi) is 5.29. The van der Waals surface area contributed by atoms with Gasteiger partial charge in [0.1, 0.15) is 5.82 Å². The van der Waals surface area contributed by atoms with E-state index in [9.17, 15) is 12.8 Å². The lowest BCUT2D eigenvalue weighted by Gasteiger charge is -2.39. The zero-order valence-electron chi connectivity index (χ0n) is 13.8. The topological polar surface area (TPSA) is 61.8 Å². The molecule has 128 valence electrons. The molecule has 1 aromatic carbocycles. The summed E-state index contributed by atoms with van der Waals surface area (Å²) in [6.07, 6.45) is 0. The van der Waals surface area contributed by atoms with Crippen molar-refractivity contribution >= 4 is 15.8 Å². The second-order valence-electron chi connectivity index (χ2n) is 6.30. The Labute approximate surface area is 137 Å². The third-order valence-corrected chi connectivity index (χ3v) is 6.54. The molecule has 1 aromatic rings. The van der Waals surface area contributed by atoms with E-state index in [1.54, 1.807) is 26.0 Å². The molecule has 1 aliphatic rings. The Morgan fingerprint density at radius 2 is 2.00 bits per heavy atom. The highest BCUT2D eigenvalue weighted by Gasteiger charge is 2.40. The monoisotopic (exact) mass is 341 g/mol. The van der Waals surface area contributed by atoms with Gasteiger partial charge in [0, 0.05) is 19.6 Å². The average molecular weight is 341 g/mol. The van der Waals surface area contributed by atoms with Gasteiger partial charge in [-0.2, -0.15) is 0 Å². The number of guanidine groups is 1. The van der Waals surface area contributed by atoms with Crippen LogP contribution in [0, 0.1) is 5.82 Å². The number of rotatable bonds is 3. The van der Waals surface area contributed by atoms with Crippen LogP contribution in [-0.2, 0) is 16.4 Å². The Morgan fingerprint density at radius 3 is 2.57 bits per heavy atom. The van der Waals surface area contributed by atoms with Gasteiger partial charge in [-0.3, -0.25) is 0 Å². The van der Waals surface area contributed by atoms with Crippen LogP contribution in [0.1, 0.15) is 26.3 Å². The van der Waals surface area contributed by atoms with Crippen molar-refractivity contribution in [2.75, 3.05) is 25.4 Å². The third kappa shape index (κ3) is 4.22. The summed E-state index contributed by atoms with van der Waals surface area (Å²) in [5.41, 5.74) is 0.908. The van der Waals surface area contributed by atoms with Crippen LogP contribution < -0.4 is 5.32 Å². The van der Waals surface area contributed by atoms with Crippen LogP contribution >= 0.6 is 0 Å². The van der Waals surface area contributed by atoms with Crippen LogP contribution in [0.4, 0.5) is 4.39 Å². The molecule has 1 fully saturated rings. The zero-order chi connectivity index (χ0) is 17.1. The van der Waals surface area contributed by atoms with Gasteiger partial charge in [0.05, 0.1) is 17.0 Å². The van der Waals surface area contributed by atoms with Crippen LogP contribution in [-0.4, -0.2) is 49.4 Å². The highest BCUT2D eigenvalue weighted by molar-refractivity contribution is 7.92. The Hall–Kier alpha value is -1.63. The largest absolute Gasteiger partial charge is 0.357 e. The van der Waals surface area contributed by atoms with Gasteiger partial charge in [0.2, 0.25) is 0 Å². The predicted octanol–water partition coefficient (Wildman–Crippen LogP) is 1.80. The highest BCUT2D eigenvalue weighted by Crippen LogP contribution is 2.23. The maximum Gasteiger partial charge on any atom is 0.194 e. The van der Waals surface area contributed by atoms with Gasteiger partial charge in [-0.1, -0.05) is 12.1 Å². The van der Waals surface area contributed by atoms with Crippen LogP contribution in [0.2, 0.25) is 0 Å². The van der Waals surface area contributed by atoms with E-state index in [0.29, 0.717) is 32.1 Å². The molecular weight excluding hydrogens is 317 g/mol. The van der Waals surface area contributed by atoms with Crippen LogP contribution in [0.25, 0.3) is 0 Å². The highest BCUT2D eigenvalue weighted by atomic mass is 32.2.